The fourth-order valence-electron chi connectivity index (χ4n) is 1.74. The zero-order chi connectivity index (χ0) is 14.6. The highest BCUT2D eigenvalue weighted by Gasteiger charge is 2.14. The van der Waals surface area contributed by atoms with Crippen LogP contribution in [0.1, 0.15) is 5.56 Å². The molecule has 5 heteroatoms. The van der Waals surface area contributed by atoms with Gasteiger partial charge >= 0.3 is 0 Å². The maximum Gasteiger partial charge on any atom is 0.181 e. The molecule has 0 radical (unpaired) electrons. The Labute approximate surface area is 119 Å². The average molecular weight is 291 g/mol. The first-order valence-corrected chi connectivity index (χ1v) is 7.90. The minimum absolute atomic E-state index is 0.0646. The van der Waals surface area contributed by atoms with E-state index in [1.807, 2.05) is 6.92 Å². The molecule has 0 atom stereocenters. The molecular formula is C15H17NO3S. The van der Waals surface area contributed by atoms with Gasteiger partial charge < -0.3 is 10.5 Å². The number of ether oxygens (including phenoxy) is 1. The second kappa shape index (κ2) is 5.96. The Bertz CT molecular complexity index is 679. The molecule has 2 aromatic carbocycles. The molecule has 0 saturated heterocycles. The molecule has 4 nitrogen and oxygen atoms in total. The number of rotatable bonds is 5. The molecule has 0 amide bonds. The first kappa shape index (κ1) is 14.4. The number of sulfone groups is 1. The van der Waals surface area contributed by atoms with Gasteiger partial charge in [-0.25, -0.2) is 8.42 Å². The molecule has 0 aromatic heterocycles. The quantitative estimate of drug-likeness (QED) is 0.859. The Balaban J connectivity index is 1.98. The molecule has 20 heavy (non-hydrogen) atoms. The molecule has 0 fully saturated rings. The standard InChI is InChI=1S/C15H17NO3S/c1-12-5-7-15(8-6-12)20(17,18)10-9-19-14-4-2-3-13(16)11-14/h2-8,11H,9-10,16H2,1H3. The molecule has 0 aliphatic heterocycles. The van der Waals surface area contributed by atoms with Gasteiger partial charge in [-0.2, -0.15) is 0 Å². The van der Waals surface area contributed by atoms with Crippen LogP contribution in [0.15, 0.2) is 53.4 Å². The Hall–Kier alpha value is -2.01. The van der Waals surface area contributed by atoms with Crippen molar-refractivity contribution in [1.29, 1.82) is 0 Å². The Morgan fingerprint density at radius 1 is 1.10 bits per heavy atom. The fraction of sp³-hybridized carbons (Fsp3) is 0.200. The van der Waals surface area contributed by atoms with E-state index in [0.717, 1.165) is 5.56 Å². The zero-order valence-electron chi connectivity index (χ0n) is 11.2. The summed E-state index contributed by atoms with van der Waals surface area (Å²) >= 11 is 0. The molecule has 2 rings (SSSR count). The van der Waals surface area contributed by atoms with E-state index >= 15 is 0 Å². The van der Waals surface area contributed by atoms with Crippen LogP contribution in [0.5, 0.6) is 5.75 Å². The highest BCUT2D eigenvalue weighted by Crippen LogP contribution is 2.16. The lowest BCUT2D eigenvalue weighted by molar-refractivity contribution is 0.341. The maximum absolute atomic E-state index is 12.1. The van der Waals surface area contributed by atoms with Gasteiger partial charge in [-0.05, 0) is 31.2 Å². The molecule has 106 valence electrons. The Morgan fingerprint density at radius 3 is 2.45 bits per heavy atom. The van der Waals surface area contributed by atoms with Gasteiger partial charge in [0.15, 0.2) is 9.84 Å². The number of hydrogen-bond donors (Lipinski definition) is 1. The summed E-state index contributed by atoms with van der Waals surface area (Å²) in [4.78, 5) is 0.319. The van der Waals surface area contributed by atoms with Gasteiger partial charge in [0, 0.05) is 11.8 Å². The van der Waals surface area contributed by atoms with Gasteiger partial charge in [0.05, 0.1) is 10.6 Å². The molecule has 2 aromatic rings. The largest absolute Gasteiger partial charge is 0.492 e. The van der Waals surface area contributed by atoms with Crippen LogP contribution in [0.25, 0.3) is 0 Å². The molecule has 0 bridgehead atoms. The molecule has 0 aliphatic carbocycles. The second-order valence-corrected chi connectivity index (χ2v) is 6.66. The number of anilines is 1. The van der Waals surface area contributed by atoms with Crippen molar-refractivity contribution in [3.8, 4) is 5.75 Å². The van der Waals surface area contributed by atoms with Crippen molar-refractivity contribution in [2.75, 3.05) is 18.1 Å². The van der Waals surface area contributed by atoms with E-state index in [2.05, 4.69) is 0 Å². The van der Waals surface area contributed by atoms with E-state index in [1.54, 1.807) is 48.5 Å². The minimum Gasteiger partial charge on any atom is -0.492 e. The maximum atomic E-state index is 12.1. The molecule has 0 saturated carbocycles. The lowest BCUT2D eigenvalue weighted by atomic mass is 10.2. The minimum atomic E-state index is -3.31. The van der Waals surface area contributed by atoms with Gasteiger partial charge in [0.25, 0.3) is 0 Å². The normalized spacial score (nSPS) is 11.2. The van der Waals surface area contributed by atoms with E-state index in [4.69, 9.17) is 10.5 Å². The van der Waals surface area contributed by atoms with Crippen LogP contribution in [0.4, 0.5) is 5.69 Å². The molecule has 0 spiro atoms. The molecule has 0 aliphatic rings. The third kappa shape index (κ3) is 3.74. The molecule has 2 N–H and O–H groups in total. The third-order valence-corrected chi connectivity index (χ3v) is 4.55. The van der Waals surface area contributed by atoms with Gasteiger partial charge in [0.2, 0.25) is 0 Å². The topological polar surface area (TPSA) is 69.4 Å². The lowest BCUT2D eigenvalue weighted by Crippen LogP contribution is -2.14. The van der Waals surface area contributed by atoms with Crippen LogP contribution >= 0.6 is 0 Å². The summed E-state index contributed by atoms with van der Waals surface area (Å²) in [5, 5.41) is 0. The predicted molar refractivity (Wildman–Crippen MR) is 79.6 cm³/mol. The average Bonchev–Trinajstić information content (AvgIpc) is 2.39. The monoisotopic (exact) mass is 291 g/mol. The van der Waals surface area contributed by atoms with E-state index < -0.39 is 9.84 Å². The third-order valence-electron chi connectivity index (χ3n) is 2.86. The first-order chi connectivity index (χ1) is 9.47. The number of benzene rings is 2. The smallest absolute Gasteiger partial charge is 0.181 e. The fourth-order valence-corrected chi connectivity index (χ4v) is 2.83. The van der Waals surface area contributed by atoms with Crippen LogP contribution in [0.2, 0.25) is 0 Å². The summed E-state index contributed by atoms with van der Waals surface area (Å²) in [5.74, 6) is 0.509. The van der Waals surface area contributed by atoms with Crippen LogP contribution in [0, 0.1) is 6.92 Å². The highest BCUT2D eigenvalue weighted by atomic mass is 32.2. The van der Waals surface area contributed by atoms with Gasteiger partial charge in [-0.1, -0.05) is 23.8 Å². The van der Waals surface area contributed by atoms with Crippen LogP contribution in [-0.2, 0) is 9.84 Å². The molecule has 0 unspecified atom stereocenters. The van der Waals surface area contributed by atoms with Gasteiger partial charge in [-0.15, -0.1) is 0 Å². The summed E-state index contributed by atoms with van der Waals surface area (Å²) in [6, 6.07) is 13.7. The van der Waals surface area contributed by atoms with E-state index in [1.165, 1.54) is 0 Å². The van der Waals surface area contributed by atoms with Crippen LogP contribution in [-0.4, -0.2) is 20.8 Å². The van der Waals surface area contributed by atoms with Crippen molar-refractivity contribution in [1.82, 2.24) is 0 Å². The molecular weight excluding hydrogens is 274 g/mol. The summed E-state index contributed by atoms with van der Waals surface area (Å²) in [6.07, 6.45) is 0. The lowest BCUT2D eigenvalue weighted by Gasteiger charge is -2.08. The van der Waals surface area contributed by atoms with Crippen molar-refractivity contribution in [3.05, 3.63) is 54.1 Å². The van der Waals surface area contributed by atoms with Gasteiger partial charge in [0.1, 0.15) is 12.4 Å². The number of hydrogen-bond acceptors (Lipinski definition) is 4. The Morgan fingerprint density at radius 2 is 1.80 bits per heavy atom. The number of aryl methyl sites for hydroxylation is 1. The van der Waals surface area contributed by atoms with Crippen molar-refractivity contribution in [3.63, 3.8) is 0 Å². The van der Waals surface area contributed by atoms with Crippen molar-refractivity contribution in [2.45, 2.75) is 11.8 Å². The van der Waals surface area contributed by atoms with Crippen molar-refractivity contribution in [2.24, 2.45) is 0 Å². The van der Waals surface area contributed by atoms with Crippen molar-refractivity contribution >= 4 is 15.5 Å². The van der Waals surface area contributed by atoms with Crippen LogP contribution < -0.4 is 10.5 Å². The SMILES string of the molecule is Cc1ccc(S(=O)(=O)CCOc2cccc(N)c2)cc1. The number of nitrogens with two attached hydrogens (primary N) is 1. The van der Waals surface area contributed by atoms with E-state index in [-0.39, 0.29) is 12.4 Å². The van der Waals surface area contributed by atoms with Crippen LogP contribution in [0.3, 0.4) is 0 Å². The zero-order valence-corrected chi connectivity index (χ0v) is 12.1. The highest BCUT2D eigenvalue weighted by molar-refractivity contribution is 7.91. The molecule has 0 heterocycles. The summed E-state index contributed by atoms with van der Waals surface area (Å²) in [7, 11) is -3.31. The number of nitrogen functional groups attached to an aromatic ring is 1. The van der Waals surface area contributed by atoms with E-state index in [0.29, 0.717) is 16.3 Å². The first-order valence-electron chi connectivity index (χ1n) is 6.25. The second-order valence-electron chi connectivity index (χ2n) is 4.55. The summed E-state index contributed by atoms with van der Waals surface area (Å²) in [5.41, 5.74) is 7.24. The summed E-state index contributed by atoms with van der Waals surface area (Å²) < 4.78 is 29.6. The van der Waals surface area contributed by atoms with Gasteiger partial charge in [-0.3, -0.25) is 0 Å². The predicted octanol–water partition coefficient (Wildman–Crippen LogP) is 2.43. The Kier molecular flexibility index (Phi) is 4.29. The van der Waals surface area contributed by atoms with Crippen molar-refractivity contribution < 1.29 is 13.2 Å². The summed E-state index contributed by atoms with van der Waals surface area (Å²) in [6.45, 7) is 2.01. The van der Waals surface area contributed by atoms with E-state index in [9.17, 15) is 8.42 Å².